The molecule has 1 N–H and O–H groups in total. The summed E-state index contributed by atoms with van der Waals surface area (Å²) in [5, 5.41) is 3.42. The summed E-state index contributed by atoms with van der Waals surface area (Å²) in [6.45, 7) is 1.42. The summed E-state index contributed by atoms with van der Waals surface area (Å²) in [6, 6.07) is 16.4. The average Bonchev–Trinajstić information content (AvgIpc) is 2.81. The van der Waals surface area contributed by atoms with E-state index in [1.54, 1.807) is 43.3 Å². The molecule has 10 heteroatoms. The third-order valence-electron chi connectivity index (χ3n) is 5.03. The molecule has 0 aliphatic heterocycles. The number of hydrogen-bond acceptors (Lipinski definition) is 5. The van der Waals surface area contributed by atoms with Gasteiger partial charge in [-0.15, -0.1) is 0 Å². The number of benzene rings is 3. The van der Waals surface area contributed by atoms with Crippen molar-refractivity contribution in [2.75, 3.05) is 25.1 Å². The van der Waals surface area contributed by atoms with Gasteiger partial charge in [0.1, 0.15) is 22.9 Å². The van der Waals surface area contributed by atoms with E-state index in [0.717, 1.165) is 9.87 Å². The summed E-state index contributed by atoms with van der Waals surface area (Å²) in [5.41, 5.74) is 1.62. The van der Waals surface area contributed by atoms with Gasteiger partial charge in [0.25, 0.3) is 10.0 Å². The summed E-state index contributed by atoms with van der Waals surface area (Å²) in [7, 11) is -1.38. The van der Waals surface area contributed by atoms with E-state index in [2.05, 4.69) is 5.32 Å². The van der Waals surface area contributed by atoms with Crippen LogP contribution < -0.4 is 19.1 Å². The Kier molecular flexibility index (Phi) is 8.30. The van der Waals surface area contributed by atoms with Gasteiger partial charge in [0.2, 0.25) is 5.91 Å². The standard InChI is InChI=1S/C24H24Cl2N2O5S/c1-16-8-10-22(33-3)23(12-16)34(30,31)28(18-9-11-21(32-2)20(26)13-18)15-24(29)27-14-17-6-4-5-7-19(17)25/h4-13H,14-15H2,1-3H3,(H,27,29). The van der Waals surface area contributed by atoms with Gasteiger partial charge in [0.05, 0.1) is 24.9 Å². The van der Waals surface area contributed by atoms with Crippen LogP contribution in [0.2, 0.25) is 10.0 Å². The fraction of sp³-hybridized carbons (Fsp3) is 0.208. The van der Waals surface area contributed by atoms with Crippen LogP contribution in [0, 0.1) is 6.92 Å². The van der Waals surface area contributed by atoms with E-state index in [9.17, 15) is 13.2 Å². The second kappa shape index (κ2) is 11.0. The molecule has 7 nitrogen and oxygen atoms in total. The van der Waals surface area contributed by atoms with Crippen LogP contribution in [0.4, 0.5) is 5.69 Å². The van der Waals surface area contributed by atoms with Gasteiger partial charge in [-0.25, -0.2) is 8.42 Å². The second-order valence-corrected chi connectivity index (χ2v) is 10.00. The first-order chi connectivity index (χ1) is 16.2. The first-order valence-electron chi connectivity index (χ1n) is 10.2. The Morgan fingerprint density at radius 1 is 0.941 bits per heavy atom. The normalized spacial score (nSPS) is 11.1. The lowest BCUT2D eigenvalue weighted by molar-refractivity contribution is -0.119. The zero-order valence-corrected chi connectivity index (χ0v) is 21.2. The lowest BCUT2D eigenvalue weighted by Crippen LogP contribution is -2.40. The Morgan fingerprint density at radius 3 is 2.26 bits per heavy atom. The number of nitrogens with zero attached hydrogens (tertiary/aromatic N) is 1. The number of carbonyl (C=O) groups excluding carboxylic acids is 1. The van der Waals surface area contributed by atoms with Crippen molar-refractivity contribution in [1.29, 1.82) is 0 Å². The van der Waals surface area contributed by atoms with Gasteiger partial charge in [-0.2, -0.15) is 0 Å². The molecular formula is C24H24Cl2N2O5S. The molecule has 0 saturated heterocycles. The minimum atomic E-state index is -4.22. The van der Waals surface area contributed by atoms with Crippen molar-refractivity contribution in [3.63, 3.8) is 0 Å². The number of ether oxygens (including phenoxy) is 2. The highest BCUT2D eigenvalue weighted by Crippen LogP contribution is 2.34. The topological polar surface area (TPSA) is 84.9 Å². The molecule has 3 rings (SSSR count). The number of aryl methyl sites for hydroxylation is 1. The van der Waals surface area contributed by atoms with E-state index < -0.39 is 22.5 Å². The zero-order chi connectivity index (χ0) is 24.9. The summed E-state index contributed by atoms with van der Waals surface area (Å²) < 4.78 is 39.0. The van der Waals surface area contributed by atoms with E-state index in [1.165, 1.54) is 38.5 Å². The molecule has 0 spiro atoms. The number of halogens is 2. The average molecular weight is 523 g/mol. The predicted octanol–water partition coefficient (Wildman–Crippen LogP) is 4.83. The number of rotatable bonds is 9. The Balaban J connectivity index is 1.99. The fourth-order valence-corrected chi connectivity index (χ4v) is 5.36. The molecule has 0 unspecified atom stereocenters. The van der Waals surface area contributed by atoms with Crippen molar-refractivity contribution in [2.45, 2.75) is 18.4 Å². The predicted molar refractivity (Wildman–Crippen MR) is 134 cm³/mol. The fourth-order valence-electron chi connectivity index (χ4n) is 3.25. The molecule has 3 aromatic carbocycles. The molecule has 0 aliphatic carbocycles. The molecular weight excluding hydrogens is 499 g/mol. The number of anilines is 1. The van der Waals surface area contributed by atoms with Crippen LogP contribution in [-0.2, 0) is 21.4 Å². The highest BCUT2D eigenvalue weighted by Gasteiger charge is 2.30. The van der Waals surface area contributed by atoms with E-state index in [-0.39, 0.29) is 27.9 Å². The summed E-state index contributed by atoms with van der Waals surface area (Å²) in [6.07, 6.45) is 0. The summed E-state index contributed by atoms with van der Waals surface area (Å²) in [5.74, 6) is 0.00723. The van der Waals surface area contributed by atoms with Crippen molar-refractivity contribution in [2.24, 2.45) is 0 Å². The number of amides is 1. The van der Waals surface area contributed by atoms with Gasteiger partial charge < -0.3 is 14.8 Å². The van der Waals surface area contributed by atoms with Gasteiger partial charge in [-0.1, -0.05) is 47.5 Å². The molecule has 0 saturated carbocycles. The van der Waals surface area contributed by atoms with Gasteiger partial charge in [-0.3, -0.25) is 9.10 Å². The zero-order valence-electron chi connectivity index (χ0n) is 18.8. The number of hydrogen-bond donors (Lipinski definition) is 1. The summed E-state index contributed by atoms with van der Waals surface area (Å²) in [4.78, 5) is 12.8. The molecule has 0 bridgehead atoms. The van der Waals surface area contributed by atoms with E-state index in [0.29, 0.717) is 16.3 Å². The van der Waals surface area contributed by atoms with Crippen LogP contribution in [0.5, 0.6) is 11.5 Å². The van der Waals surface area contributed by atoms with E-state index >= 15 is 0 Å². The molecule has 0 radical (unpaired) electrons. The van der Waals surface area contributed by atoms with Crippen LogP contribution in [-0.4, -0.2) is 35.1 Å². The Morgan fingerprint density at radius 2 is 1.62 bits per heavy atom. The molecule has 34 heavy (non-hydrogen) atoms. The third kappa shape index (κ3) is 5.75. The SMILES string of the molecule is COc1ccc(N(CC(=O)NCc2ccccc2Cl)S(=O)(=O)c2cc(C)ccc2OC)cc1Cl. The number of sulfonamides is 1. The Bertz CT molecular complexity index is 1300. The van der Waals surface area contributed by atoms with Crippen LogP contribution in [0.15, 0.2) is 65.6 Å². The minimum absolute atomic E-state index is 0.0687. The first kappa shape index (κ1) is 25.7. The number of carbonyl (C=O) groups is 1. The molecule has 3 aromatic rings. The molecule has 1 amide bonds. The van der Waals surface area contributed by atoms with Gasteiger partial charge in [0.15, 0.2) is 0 Å². The lowest BCUT2D eigenvalue weighted by atomic mass is 10.2. The van der Waals surface area contributed by atoms with Gasteiger partial charge in [-0.05, 0) is 54.4 Å². The van der Waals surface area contributed by atoms with Crippen molar-refractivity contribution in [3.8, 4) is 11.5 Å². The minimum Gasteiger partial charge on any atom is -0.495 e. The van der Waals surface area contributed by atoms with Crippen LogP contribution >= 0.6 is 23.2 Å². The largest absolute Gasteiger partial charge is 0.495 e. The lowest BCUT2D eigenvalue weighted by Gasteiger charge is -2.25. The van der Waals surface area contributed by atoms with Gasteiger partial charge >= 0.3 is 0 Å². The second-order valence-electron chi connectivity index (χ2n) is 7.35. The first-order valence-corrected chi connectivity index (χ1v) is 12.4. The molecule has 0 heterocycles. The quantitative estimate of drug-likeness (QED) is 0.434. The molecule has 0 aliphatic rings. The van der Waals surface area contributed by atoms with E-state index in [1.807, 2.05) is 0 Å². The Hall–Kier alpha value is -2.94. The van der Waals surface area contributed by atoms with Crippen LogP contribution in [0.1, 0.15) is 11.1 Å². The maximum atomic E-state index is 13.8. The maximum absolute atomic E-state index is 13.8. The van der Waals surface area contributed by atoms with Crippen LogP contribution in [0.25, 0.3) is 0 Å². The highest BCUT2D eigenvalue weighted by atomic mass is 35.5. The van der Waals surface area contributed by atoms with Gasteiger partial charge in [0, 0.05) is 11.6 Å². The third-order valence-corrected chi connectivity index (χ3v) is 7.49. The van der Waals surface area contributed by atoms with Crippen molar-refractivity contribution in [1.82, 2.24) is 5.32 Å². The number of nitrogens with one attached hydrogen (secondary N) is 1. The molecule has 180 valence electrons. The summed E-state index contributed by atoms with van der Waals surface area (Å²) >= 11 is 12.4. The monoisotopic (exact) mass is 522 g/mol. The maximum Gasteiger partial charge on any atom is 0.268 e. The van der Waals surface area contributed by atoms with Crippen LogP contribution in [0.3, 0.4) is 0 Å². The molecule has 0 atom stereocenters. The van der Waals surface area contributed by atoms with Crippen molar-refractivity contribution >= 4 is 44.8 Å². The van der Waals surface area contributed by atoms with Crippen molar-refractivity contribution < 1.29 is 22.7 Å². The number of methoxy groups -OCH3 is 2. The van der Waals surface area contributed by atoms with E-state index in [4.69, 9.17) is 32.7 Å². The Labute approximate surface area is 209 Å². The molecule has 0 fully saturated rings. The molecule has 0 aromatic heterocycles. The highest BCUT2D eigenvalue weighted by molar-refractivity contribution is 7.93. The van der Waals surface area contributed by atoms with Crippen molar-refractivity contribution in [3.05, 3.63) is 81.8 Å². The smallest absolute Gasteiger partial charge is 0.268 e.